The molecule has 2 aromatic carbocycles. The second-order valence-electron chi connectivity index (χ2n) is 4.17. The number of hydrogen-bond acceptors (Lipinski definition) is 1. The van der Waals surface area contributed by atoms with Crippen molar-refractivity contribution in [3.8, 4) is 0 Å². The van der Waals surface area contributed by atoms with Crippen molar-refractivity contribution >= 4 is 36.3 Å². The molecule has 0 aliphatic heterocycles. The van der Waals surface area contributed by atoms with Crippen molar-refractivity contribution < 1.29 is 4.79 Å². The Morgan fingerprint density at radius 2 is 0.737 bits per heavy atom. The zero-order valence-corrected chi connectivity index (χ0v) is 11.7. The number of carbonyl (C=O) groups is 1. The quantitative estimate of drug-likeness (QED) is 0.663. The van der Waals surface area contributed by atoms with E-state index in [9.17, 15) is 0 Å². The molecule has 0 spiro atoms. The predicted molar refractivity (Wildman–Crippen MR) is 86.1 cm³/mol. The Morgan fingerprint density at radius 3 is 0.842 bits per heavy atom. The van der Waals surface area contributed by atoms with Gasteiger partial charge in [-0.3, -0.25) is 0 Å². The van der Waals surface area contributed by atoms with Crippen LogP contribution in [-0.4, -0.2) is 36.3 Å². The van der Waals surface area contributed by atoms with E-state index in [4.69, 9.17) is 4.79 Å². The third-order valence-electron chi connectivity index (χ3n) is 2.85. The van der Waals surface area contributed by atoms with Crippen LogP contribution in [0.4, 0.5) is 0 Å². The molecule has 0 aliphatic carbocycles. The Balaban J connectivity index is 0. The molecule has 2 rings (SSSR count). The molecule has 2 aromatic rings. The predicted octanol–water partition coefficient (Wildman–Crippen LogP) is 3.77. The summed E-state index contributed by atoms with van der Waals surface area (Å²) in [6.07, 6.45) is 0. The third-order valence-corrected chi connectivity index (χ3v) is 2.85. The maximum atomic E-state index is 8.00. The van der Waals surface area contributed by atoms with Crippen molar-refractivity contribution in [3.63, 3.8) is 0 Å². The van der Waals surface area contributed by atoms with Gasteiger partial charge in [-0.1, -0.05) is 48.5 Å². The van der Waals surface area contributed by atoms with E-state index in [-0.39, 0.29) is 29.6 Å². The fourth-order valence-corrected chi connectivity index (χ4v) is 1.33. The molecule has 0 fully saturated rings. The number of aryl methyl sites for hydroxylation is 4. The van der Waals surface area contributed by atoms with Crippen molar-refractivity contribution in [3.05, 3.63) is 70.8 Å². The number of rotatable bonds is 0. The van der Waals surface area contributed by atoms with E-state index in [0.717, 1.165) is 0 Å². The third kappa shape index (κ3) is 8.77. The SMILES string of the molecule is C=O.Cc1ccccc1C.Cc1ccccc1C.[NaH]. The molecular weight excluding hydrogens is 243 g/mol. The summed E-state index contributed by atoms with van der Waals surface area (Å²) < 4.78 is 0. The van der Waals surface area contributed by atoms with Gasteiger partial charge in [0.25, 0.3) is 0 Å². The average Bonchev–Trinajstić information content (AvgIpc) is 2.40. The van der Waals surface area contributed by atoms with E-state index in [1.54, 1.807) is 0 Å². The van der Waals surface area contributed by atoms with Gasteiger partial charge < -0.3 is 4.79 Å². The van der Waals surface area contributed by atoms with Crippen LogP contribution in [0.5, 0.6) is 0 Å². The zero-order valence-electron chi connectivity index (χ0n) is 11.7. The molecule has 0 aromatic heterocycles. The first kappa shape index (κ1) is 20.4. The summed E-state index contributed by atoms with van der Waals surface area (Å²) >= 11 is 0. The maximum absolute atomic E-state index is 8.00. The number of carbonyl (C=O) groups excluding carboxylic acids is 1. The molecular formula is C17H23NaO. The van der Waals surface area contributed by atoms with Crippen LogP contribution >= 0.6 is 0 Å². The number of hydrogen-bond donors (Lipinski definition) is 0. The molecule has 2 heteroatoms. The van der Waals surface area contributed by atoms with Crippen LogP contribution < -0.4 is 0 Å². The van der Waals surface area contributed by atoms with Crippen LogP contribution in [0.2, 0.25) is 0 Å². The Kier molecular flexibility index (Phi) is 13.1. The molecule has 0 aliphatic rings. The first-order chi connectivity index (χ1) is 8.61. The van der Waals surface area contributed by atoms with Crippen molar-refractivity contribution in [2.75, 3.05) is 0 Å². The summed E-state index contributed by atoms with van der Waals surface area (Å²) in [6.45, 7) is 10.5. The molecule has 0 heterocycles. The van der Waals surface area contributed by atoms with Crippen molar-refractivity contribution in [2.45, 2.75) is 27.7 Å². The molecule has 0 N–H and O–H groups in total. The average molecular weight is 266 g/mol. The van der Waals surface area contributed by atoms with E-state index in [0.29, 0.717) is 0 Å². The topological polar surface area (TPSA) is 17.1 Å². The first-order valence-corrected chi connectivity index (χ1v) is 5.94. The van der Waals surface area contributed by atoms with Gasteiger partial charge in [-0.25, -0.2) is 0 Å². The van der Waals surface area contributed by atoms with E-state index in [2.05, 4.69) is 76.2 Å². The van der Waals surface area contributed by atoms with Crippen LogP contribution in [0.3, 0.4) is 0 Å². The van der Waals surface area contributed by atoms with Gasteiger partial charge in [-0.2, -0.15) is 0 Å². The normalized spacial score (nSPS) is 8.00. The van der Waals surface area contributed by atoms with Gasteiger partial charge in [0.1, 0.15) is 6.79 Å². The standard InChI is InChI=1S/2C8H10.CH2O.Na.H/c2*1-7-5-3-4-6-8(7)2;1-2;;/h2*3-6H,1-2H3;1H2;;. The monoisotopic (exact) mass is 266 g/mol. The molecule has 0 unspecified atom stereocenters. The van der Waals surface area contributed by atoms with Gasteiger partial charge in [0.15, 0.2) is 0 Å². The Labute approximate surface area is 139 Å². The summed E-state index contributed by atoms with van der Waals surface area (Å²) in [5, 5.41) is 0. The summed E-state index contributed by atoms with van der Waals surface area (Å²) in [4.78, 5) is 8.00. The van der Waals surface area contributed by atoms with Crippen LogP contribution in [0.25, 0.3) is 0 Å². The summed E-state index contributed by atoms with van der Waals surface area (Å²) in [5.74, 6) is 0. The molecule has 0 amide bonds. The summed E-state index contributed by atoms with van der Waals surface area (Å²) in [7, 11) is 0. The molecule has 0 radical (unpaired) electrons. The molecule has 19 heavy (non-hydrogen) atoms. The summed E-state index contributed by atoms with van der Waals surface area (Å²) in [6, 6.07) is 16.7. The summed E-state index contributed by atoms with van der Waals surface area (Å²) in [5.41, 5.74) is 5.47. The second kappa shape index (κ2) is 12.2. The molecule has 98 valence electrons. The molecule has 0 bridgehead atoms. The van der Waals surface area contributed by atoms with Crippen LogP contribution in [0, 0.1) is 27.7 Å². The van der Waals surface area contributed by atoms with E-state index in [1.807, 2.05) is 6.79 Å². The van der Waals surface area contributed by atoms with Crippen LogP contribution in [0.15, 0.2) is 48.5 Å². The van der Waals surface area contributed by atoms with Gasteiger partial charge in [-0.15, -0.1) is 0 Å². The van der Waals surface area contributed by atoms with Crippen molar-refractivity contribution in [1.82, 2.24) is 0 Å². The Bertz CT molecular complexity index is 381. The van der Waals surface area contributed by atoms with Gasteiger partial charge in [-0.05, 0) is 49.9 Å². The van der Waals surface area contributed by atoms with Crippen molar-refractivity contribution in [2.24, 2.45) is 0 Å². The molecule has 0 saturated carbocycles. The van der Waals surface area contributed by atoms with Gasteiger partial charge in [0, 0.05) is 0 Å². The van der Waals surface area contributed by atoms with Crippen LogP contribution in [-0.2, 0) is 4.79 Å². The molecule has 0 atom stereocenters. The molecule has 1 nitrogen and oxygen atoms in total. The minimum atomic E-state index is 0. The zero-order chi connectivity index (χ0) is 14.0. The van der Waals surface area contributed by atoms with Gasteiger partial charge in [0.05, 0.1) is 0 Å². The van der Waals surface area contributed by atoms with Gasteiger partial charge >= 0.3 is 29.6 Å². The van der Waals surface area contributed by atoms with E-state index < -0.39 is 0 Å². The van der Waals surface area contributed by atoms with Crippen molar-refractivity contribution in [1.29, 1.82) is 0 Å². The van der Waals surface area contributed by atoms with E-state index in [1.165, 1.54) is 22.3 Å². The van der Waals surface area contributed by atoms with E-state index >= 15 is 0 Å². The fourth-order valence-electron chi connectivity index (χ4n) is 1.33. The second-order valence-corrected chi connectivity index (χ2v) is 4.17. The first-order valence-electron chi connectivity index (χ1n) is 5.94. The minimum absolute atomic E-state index is 0. The van der Waals surface area contributed by atoms with Crippen LogP contribution in [0.1, 0.15) is 22.3 Å². The van der Waals surface area contributed by atoms with Gasteiger partial charge in [0.2, 0.25) is 0 Å². The fraction of sp³-hybridized carbons (Fsp3) is 0.235. The Hall–Kier alpha value is -0.890. The number of benzene rings is 2. The molecule has 0 saturated heterocycles. The Morgan fingerprint density at radius 1 is 0.579 bits per heavy atom.